The summed E-state index contributed by atoms with van der Waals surface area (Å²) in [5, 5.41) is 1.02. The molecule has 0 radical (unpaired) electrons. The molecular formula is C21H19FN2O2. The van der Waals surface area contributed by atoms with Crippen LogP contribution >= 0.6 is 0 Å². The summed E-state index contributed by atoms with van der Waals surface area (Å²) in [4.78, 5) is 16.4. The molecule has 1 saturated heterocycles. The first-order valence-electron chi connectivity index (χ1n) is 8.65. The molecule has 0 spiro atoms. The molecule has 0 bridgehead atoms. The number of hydrogen-bond donors (Lipinski definition) is 0. The highest BCUT2D eigenvalue weighted by molar-refractivity contribution is 5.92. The van der Waals surface area contributed by atoms with E-state index in [0.717, 1.165) is 29.7 Å². The molecule has 2 heterocycles. The van der Waals surface area contributed by atoms with Gasteiger partial charge in [0.15, 0.2) is 0 Å². The fourth-order valence-electron chi connectivity index (χ4n) is 3.18. The van der Waals surface area contributed by atoms with E-state index in [2.05, 4.69) is 4.90 Å². The lowest BCUT2D eigenvalue weighted by molar-refractivity contribution is -0.126. The lowest BCUT2D eigenvalue weighted by Crippen LogP contribution is -2.48. The number of carbonyl (C=O) groups excluding carboxylic acids is 1. The Bertz CT molecular complexity index is 905. The van der Waals surface area contributed by atoms with E-state index in [1.165, 1.54) is 12.1 Å². The van der Waals surface area contributed by atoms with Crippen LogP contribution in [-0.2, 0) is 4.79 Å². The van der Waals surface area contributed by atoms with E-state index < -0.39 is 0 Å². The quantitative estimate of drug-likeness (QED) is 0.672. The number of benzene rings is 2. The molecule has 2 aromatic carbocycles. The number of para-hydroxylation sites is 1. The predicted octanol–water partition coefficient (Wildman–Crippen LogP) is 3.93. The zero-order valence-corrected chi connectivity index (χ0v) is 14.3. The van der Waals surface area contributed by atoms with Crippen molar-refractivity contribution in [3.05, 3.63) is 72.3 Å². The van der Waals surface area contributed by atoms with E-state index in [9.17, 15) is 9.18 Å². The SMILES string of the molecule is O=C(/C=C/c1cc2ccccc2o1)N1CCN(c2ccc(F)cc2)CC1. The van der Waals surface area contributed by atoms with Crippen LogP contribution in [0.5, 0.6) is 0 Å². The average Bonchev–Trinajstić information content (AvgIpc) is 3.10. The Labute approximate surface area is 151 Å². The minimum atomic E-state index is -0.238. The molecule has 132 valence electrons. The minimum Gasteiger partial charge on any atom is -0.457 e. The van der Waals surface area contributed by atoms with Crippen LogP contribution in [0.25, 0.3) is 17.0 Å². The van der Waals surface area contributed by atoms with E-state index in [0.29, 0.717) is 18.8 Å². The van der Waals surface area contributed by atoms with Crippen molar-refractivity contribution in [1.82, 2.24) is 4.90 Å². The van der Waals surface area contributed by atoms with Crippen LogP contribution in [-0.4, -0.2) is 37.0 Å². The van der Waals surface area contributed by atoms with Gasteiger partial charge in [0.05, 0.1) is 0 Å². The highest BCUT2D eigenvalue weighted by Gasteiger charge is 2.19. The second-order valence-corrected chi connectivity index (χ2v) is 6.31. The monoisotopic (exact) mass is 350 g/mol. The molecule has 26 heavy (non-hydrogen) atoms. The number of hydrogen-bond acceptors (Lipinski definition) is 3. The third-order valence-electron chi connectivity index (χ3n) is 4.62. The van der Waals surface area contributed by atoms with Gasteiger partial charge in [-0.2, -0.15) is 0 Å². The summed E-state index contributed by atoms with van der Waals surface area (Å²) in [6, 6.07) is 16.2. The zero-order valence-electron chi connectivity index (χ0n) is 14.3. The fraction of sp³-hybridized carbons (Fsp3) is 0.190. The van der Waals surface area contributed by atoms with Crippen molar-refractivity contribution in [3.63, 3.8) is 0 Å². The van der Waals surface area contributed by atoms with Crippen LogP contribution in [0.4, 0.5) is 10.1 Å². The third kappa shape index (κ3) is 3.47. The Hall–Kier alpha value is -3.08. The first kappa shape index (κ1) is 16.4. The van der Waals surface area contributed by atoms with Crippen molar-refractivity contribution in [3.8, 4) is 0 Å². The summed E-state index contributed by atoms with van der Waals surface area (Å²) in [5.74, 6) is 0.409. The number of nitrogens with zero attached hydrogens (tertiary/aromatic N) is 2. The number of fused-ring (bicyclic) bond motifs is 1. The maximum atomic E-state index is 13.0. The van der Waals surface area contributed by atoms with Gasteiger partial charge in [0.25, 0.3) is 0 Å². The number of carbonyl (C=O) groups is 1. The molecule has 1 aromatic heterocycles. The van der Waals surface area contributed by atoms with Gasteiger partial charge < -0.3 is 14.2 Å². The Morgan fingerprint density at radius 1 is 1.00 bits per heavy atom. The van der Waals surface area contributed by atoms with Crippen molar-refractivity contribution < 1.29 is 13.6 Å². The maximum Gasteiger partial charge on any atom is 0.246 e. The van der Waals surface area contributed by atoms with Gasteiger partial charge in [-0.05, 0) is 42.5 Å². The summed E-state index contributed by atoms with van der Waals surface area (Å²) in [7, 11) is 0. The molecule has 3 aromatic rings. The van der Waals surface area contributed by atoms with Gasteiger partial charge in [0, 0.05) is 43.3 Å². The summed E-state index contributed by atoms with van der Waals surface area (Å²) < 4.78 is 18.7. The molecule has 0 unspecified atom stereocenters. The van der Waals surface area contributed by atoms with Crippen LogP contribution in [0.2, 0.25) is 0 Å². The number of anilines is 1. The molecule has 0 saturated carbocycles. The smallest absolute Gasteiger partial charge is 0.246 e. The molecule has 1 amide bonds. The van der Waals surface area contributed by atoms with Crippen molar-refractivity contribution in [2.24, 2.45) is 0 Å². The molecule has 4 nitrogen and oxygen atoms in total. The molecule has 4 rings (SSSR count). The maximum absolute atomic E-state index is 13.0. The Morgan fingerprint density at radius 2 is 1.73 bits per heavy atom. The molecule has 1 fully saturated rings. The van der Waals surface area contributed by atoms with Gasteiger partial charge in [-0.1, -0.05) is 18.2 Å². The van der Waals surface area contributed by atoms with E-state index >= 15 is 0 Å². The molecule has 0 N–H and O–H groups in total. The molecule has 0 atom stereocenters. The van der Waals surface area contributed by atoms with E-state index in [1.807, 2.05) is 35.2 Å². The van der Waals surface area contributed by atoms with Gasteiger partial charge >= 0.3 is 0 Å². The van der Waals surface area contributed by atoms with Gasteiger partial charge in [0.1, 0.15) is 17.2 Å². The van der Waals surface area contributed by atoms with E-state index in [4.69, 9.17) is 4.42 Å². The molecule has 1 aliphatic heterocycles. The van der Waals surface area contributed by atoms with E-state index in [1.54, 1.807) is 24.3 Å². The number of furan rings is 1. The number of amides is 1. The van der Waals surface area contributed by atoms with Crippen molar-refractivity contribution in [2.75, 3.05) is 31.1 Å². The Morgan fingerprint density at radius 3 is 2.46 bits per heavy atom. The largest absolute Gasteiger partial charge is 0.457 e. The lowest BCUT2D eigenvalue weighted by atomic mass is 10.2. The standard InChI is InChI=1S/C21H19FN2O2/c22-17-5-7-18(8-6-17)23-11-13-24(14-12-23)21(25)10-9-19-15-16-3-1-2-4-20(16)26-19/h1-10,15H,11-14H2/b10-9+. The summed E-state index contributed by atoms with van der Waals surface area (Å²) in [6.45, 7) is 2.74. The van der Waals surface area contributed by atoms with Crippen molar-refractivity contribution >= 4 is 28.6 Å². The van der Waals surface area contributed by atoms with Crippen LogP contribution in [0.3, 0.4) is 0 Å². The lowest BCUT2D eigenvalue weighted by Gasteiger charge is -2.35. The van der Waals surface area contributed by atoms with Crippen LogP contribution < -0.4 is 4.90 Å². The fourth-order valence-corrected chi connectivity index (χ4v) is 3.18. The number of piperazine rings is 1. The van der Waals surface area contributed by atoms with Gasteiger partial charge in [-0.25, -0.2) is 4.39 Å². The van der Waals surface area contributed by atoms with Crippen LogP contribution in [0.15, 0.2) is 65.1 Å². The topological polar surface area (TPSA) is 36.7 Å². The Balaban J connectivity index is 1.36. The second kappa shape index (κ2) is 7.04. The highest BCUT2D eigenvalue weighted by atomic mass is 19.1. The molecule has 5 heteroatoms. The zero-order chi connectivity index (χ0) is 17.9. The van der Waals surface area contributed by atoms with Gasteiger partial charge in [0.2, 0.25) is 5.91 Å². The number of rotatable bonds is 3. The average molecular weight is 350 g/mol. The van der Waals surface area contributed by atoms with Crippen LogP contribution in [0, 0.1) is 5.82 Å². The second-order valence-electron chi connectivity index (χ2n) is 6.31. The first-order chi connectivity index (χ1) is 12.7. The van der Waals surface area contributed by atoms with Crippen LogP contribution in [0.1, 0.15) is 5.76 Å². The normalized spacial score (nSPS) is 15.1. The highest BCUT2D eigenvalue weighted by Crippen LogP contribution is 2.20. The molecular weight excluding hydrogens is 331 g/mol. The predicted molar refractivity (Wildman–Crippen MR) is 100 cm³/mol. The Kier molecular flexibility index (Phi) is 4.44. The molecule has 1 aliphatic rings. The van der Waals surface area contributed by atoms with Gasteiger partial charge in [-0.3, -0.25) is 4.79 Å². The third-order valence-corrected chi connectivity index (χ3v) is 4.62. The van der Waals surface area contributed by atoms with Crippen molar-refractivity contribution in [2.45, 2.75) is 0 Å². The first-order valence-corrected chi connectivity index (χ1v) is 8.65. The van der Waals surface area contributed by atoms with E-state index in [-0.39, 0.29) is 11.7 Å². The summed E-state index contributed by atoms with van der Waals surface area (Å²) in [6.07, 6.45) is 3.28. The van der Waals surface area contributed by atoms with Gasteiger partial charge in [-0.15, -0.1) is 0 Å². The minimum absolute atomic E-state index is 0.0239. The summed E-state index contributed by atoms with van der Waals surface area (Å²) >= 11 is 0. The van der Waals surface area contributed by atoms with Crippen molar-refractivity contribution in [1.29, 1.82) is 0 Å². The number of halogens is 1. The summed E-state index contributed by atoms with van der Waals surface area (Å²) in [5.41, 5.74) is 1.80. The molecule has 0 aliphatic carbocycles.